The highest BCUT2D eigenvalue weighted by Crippen LogP contribution is 2.30. The Morgan fingerprint density at radius 3 is 2.12 bits per heavy atom. The molecule has 0 atom stereocenters. The second-order valence-corrected chi connectivity index (χ2v) is 9.32. The van der Waals surface area contributed by atoms with Crippen molar-refractivity contribution >= 4 is 39.9 Å². The van der Waals surface area contributed by atoms with Gasteiger partial charge >= 0.3 is 0 Å². The lowest BCUT2D eigenvalue weighted by Gasteiger charge is -2.19. The standard InChI is InChI=1S/C27H24ClNO3/c1-16-22-14-13-21(29-26(31)18-5-9-19(10-6-18)27(2,3)4)15-23(22)32-25(16)24(30)17-7-11-20(28)12-8-17/h5-15H,1-4H3,(H,29,31). The van der Waals surface area contributed by atoms with E-state index in [2.05, 4.69) is 26.1 Å². The first-order valence-electron chi connectivity index (χ1n) is 10.4. The van der Waals surface area contributed by atoms with Gasteiger partial charge in [-0.05, 0) is 66.4 Å². The number of furan rings is 1. The number of hydrogen-bond donors (Lipinski definition) is 1. The maximum atomic E-state index is 12.9. The Morgan fingerprint density at radius 1 is 0.875 bits per heavy atom. The number of fused-ring (bicyclic) bond motifs is 1. The third-order valence-corrected chi connectivity index (χ3v) is 5.77. The molecule has 1 amide bonds. The molecule has 0 unspecified atom stereocenters. The monoisotopic (exact) mass is 445 g/mol. The lowest BCUT2D eigenvalue weighted by molar-refractivity contribution is 0.101. The quantitative estimate of drug-likeness (QED) is 0.338. The summed E-state index contributed by atoms with van der Waals surface area (Å²) >= 11 is 5.92. The van der Waals surface area contributed by atoms with Crippen molar-refractivity contribution in [3.05, 3.63) is 99.8 Å². The summed E-state index contributed by atoms with van der Waals surface area (Å²) in [4.78, 5) is 25.6. The summed E-state index contributed by atoms with van der Waals surface area (Å²) in [5.41, 5.74) is 4.17. The van der Waals surface area contributed by atoms with Crippen molar-refractivity contribution in [3.8, 4) is 0 Å². The lowest BCUT2D eigenvalue weighted by Crippen LogP contribution is -2.14. The summed E-state index contributed by atoms with van der Waals surface area (Å²) in [5, 5.41) is 4.30. The van der Waals surface area contributed by atoms with E-state index in [1.807, 2.05) is 43.3 Å². The zero-order chi connectivity index (χ0) is 23.0. The van der Waals surface area contributed by atoms with Gasteiger partial charge in [-0.3, -0.25) is 9.59 Å². The van der Waals surface area contributed by atoms with Gasteiger partial charge in [0, 0.05) is 38.9 Å². The predicted molar refractivity (Wildman–Crippen MR) is 129 cm³/mol. The smallest absolute Gasteiger partial charge is 0.255 e. The van der Waals surface area contributed by atoms with Crippen molar-refractivity contribution < 1.29 is 14.0 Å². The molecule has 0 aliphatic heterocycles. The molecule has 3 aromatic carbocycles. The molecule has 0 aliphatic carbocycles. The zero-order valence-electron chi connectivity index (χ0n) is 18.5. The summed E-state index contributed by atoms with van der Waals surface area (Å²) in [5.74, 6) is -0.131. The Labute approximate surface area is 192 Å². The fourth-order valence-corrected chi connectivity index (χ4v) is 3.70. The minimum Gasteiger partial charge on any atom is -0.452 e. The Hall–Kier alpha value is -3.37. The van der Waals surface area contributed by atoms with Gasteiger partial charge in [-0.2, -0.15) is 0 Å². The van der Waals surface area contributed by atoms with E-state index in [1.54, 1.807) is 30.3 Å². The number of hydrogen-bond acceptors (Lipinski definition) is 3. The first-order chi connectivity index (χ1) is 15.1. The number of ketones is 1. The summed E-state index contributed by atoms with van der Waals surface area (Å²) in [6, 6.07) is 19.7. The van der Waals surface area contributed by atoms with E-state index < -0.39 is 0 Å². The van der Waals surface area contributed by atoms with Crippen LogP contribution >= 0.6 is 11.6 Å². The van der Waals surface area contributed by atoms with Gasteiger partial charge in [0.2, 0.25) is 5.78 Å². The number of amides is 1. The number of anilines is 1. The number of carbonyl (C=O) groups excluding carboxylic acids is 2. The van der Waals surface area contributed by atoms with Crippen LogP contribution in [0, 0.1) is 6.92 Å². The van der Waals surface area contributed by atoms with Crippen molar-refractivity contribution in [1.29, 1.82) is 0 Å². The number of carbonyl (C=O) groups is 2. The molecule has 1 N–H and O–H groups in total. The number of nitrogens with one attached hydrogen (secondary N) is 1. The third-order valence-electron chi connectivity index (χ3n) is 5.52. The zero-order valence-corrected chi connectivity index (χ0v) is 19.2. The van der Waals surface area contributed by atoms with Crippen molar-refractivity contribution in [3.63, 3.8) is 0 Å². The van der Waals surface area contributed by atoms with E-state index in [0.717, 1.165) is 10.9 Å². The topological polar surface area (TPSA) is 59.3 Å². The Bertz CT molecular complexity index is 1310. The van der Waals surface area contributed by atoms with Crippen LogP contribution in [0.5, 0.6) is 0 Å². The fourth-order valence-electron chi connectivity index (χ4n) is 3.58. The van der Waals surface area contributed by atoms with Crippen LogP contribution in [0.4, 0.5) is 5.69 Å². The summed E-state index contributed by atoms with van der Waals surface area (Å²) < 4.78 is 5.89. The van der Waals surface area contributed by atoms with Gasteiger partial charge in [0.25, 0.3) is 5.91 Å². The van der Waals surface area contributed by atoms with Gasteiger partial charge in [0.15, 0.2) is 5.76 Å². The molecule has 0 saturated heterocycles. The Balaban J connectivity index is 1.58. The molecule has 0 spiro atoms. The van der Waals surface area contributed by atoms with Crippen molar-refractivity contribution in [1.82, 2.24) is 0 Å². The molecular weight excluding hydrogens is 422 g/mol. The van der Waals surface area contributed by atoms with Crippen molar-refractivity contribution in [2.24, 2.45) is 0 Å². The van der Waals surface area contributed by atoms with Crippen LogP contribution in [0.15, 0.2) is 71.1 Å². The molecule has 5 heteroatoms. The number of aryl methyl sites for hydroxylation is 1. The average molecular weight is 446 g/mol. The van der Waals surface area contributed by atoms with E-state index in [9.17, 15) is 9.59 Å². The van der Waals surface area contributed by atoms with Gasteiger partial charge in [-0.1, -0.05) is 44.5 Å². The predicted octanol–water partition coefficient (Wildman–Crippen LogP) is 7.18. The minimum atomic E-state index is -0.208. The van der Waals surface area contributed by atoms with Crippen LogP contribution in [-0.2, 0) is 5.41 Å². The van der Waals surface area contributed by atoms with Crippen LogP contribution in [0.1, 0.15) is 58.4 Å². The highest BCUT2D eigenvalue weighted by Gasteiger charge is 2.20. The third kappa shape index (κ3) is 4.32. The average Bonchev–Trinajstić information content (AvgIpc) is 3.09. The number of rotatable bonds is 4. The van der Waals surface area contributed by atoms with Crippen LogP contribution in [-0.4, -0.2) is 11.7 Å². The molecule has 1 aromatic heterocycles. The van der Waals surface area contributed by atoms with Gasteiger partial charge in [0.1, 0.15) is 5.58 Å². The summed E-state index contributed by atoms with van der Waals surface area (Å²) in [7, 11) is 0. The molecule has 32 heavy (non-hydrogen) atoms. The molecule has 0 radical (unpaired) electrons. The van der Waals surface area contributed by atoms with E-state index in [0.29, 0.717) is 27.4 Å². The van der Waals surface area contributed by atoms with E-state index in [1.165, 1.54) is 5.56 Å². The lowest BCUT2D eigenvalue weighted by atomic mass is 9.87. The molecule has 4 nitrogen and oxygen atoms in total. The van der Waals surface area contributed by atoms with Crippen molar-refractivity contribution in [2.45, 2.75) is 33.1 Å². The molecule has 0 saturated carbocycles. The van der Waals surface area contributed by atoms with Crippen LogP contribution in [0.2, 0.25) is 5.02 Å². The minimum absolute atomic E-state index is 0.0261. The highest BCUT2D eigenvalue weighted by atomic mass is 35.5. The molecular formula is C27H24ClNO3. The second kappa shape index (κ2) is 8.29. The fraction of sp³-hybridized carbons (Fsp3) is 0.185. The first kappa shape index (κ1) is 21.8. The van der Waals surface area contributed by atoms with Crippen LogP contribution < -0.4 is 5.32 Å². The maximum Gasteiger partial charge on any atom is 0.255 e. The molecule has 0 bridgehead atoms. The first-order valence-corrected chi connectivity index (χ1v) is 10.8. The molecule has 1 heterocycles. The second-order valence-electron chi connectivity index (χ2n) is 8.88. The Kier molecular flexibility index (Phi) is 5.66. The summed E-state index contributed by atoms with van der Waals surface area (Å²) in [6.07, 6.45) is 0. The van der Waals surface area contributed by atoms with E-state index >= 15 is 0 Å². The SMILES string of the molecule is Cc1c(C(=O)c2ccc(Cl)cc2)oc2cc(NC(=O)c3ccc(C(C)(C)C)cc3)ccc12. The normalized spacial score (nSPS) is 11.5. The van der Waals surface area contributed by atoms with Gasteiger partial charge in [-0.25, -0.2) is 0 Å². The van der Waals surface area contributed by atoms with Gasteiger partial charge in [0.05, 0.1) is 0 Å². The van der Waals surface area contributed by atoms with Gasteiger partial charge < -0.3 is 9.73 Å². The molecule has 4 aromatic rings. The highest BCUT2D eigenvalue weighted by molar-refractivity contribution is 6.30. The molecule has 0 aliphatic rings. The Morgan fingerprint density at radius 2 is 1.50 bits per heavy atom. The van der Waals surface area contributed by atoms with E-state index in [4.69, 9.17) is 16.0 Å². The molecule has 0 fully saturated rings. The number of halogens is 1. The summed E-state index contributed by atoms with van der Waals surface area (Å²) in [6.45, 7) is 8.25. The largest absolute Gasteiger partial charge is 0.452 e. The molecule has 162 valence electrons. The molecule has 4 rings (SSSR count). The number of benzene rings is 3. The van der Waals surface area contributed by atoms with E-state index in [-0.39, 0.29) is 22.9 Å². The van der Waals surface area contributed by atoms with Crippen molar-refractivity contribution in [2.75, 3.05) is 5.32 Å². The van der Waals surface area contributed by atoms with Crippen LogP contribution in [0.25, 0.3) is 11.0 Å². The maximum absolute atomic E-state index is 12.9. The van der Waals surface area contributed by atoms with Gasteiger partial charge in [-0.15, -0.1) is 0 Å². The van der Waals surface area contributed by atoms with Crippen LogP contribution in [0.3, 0.4) is 0 Å².